The molecule has 6 nitrogen and oxygen atoms in total. The summed E-state index contributed by atoms with van der Waals surface area (Å²) in [4.78, 5) is 35.9. The van der Waals surface area contributed by atoms with Gasteiger partial charge in [-0.25, -0.2) is 20.2 Å². The fourth-order valence-corrected chi connectivity index (χ4v) is 8.17. The zero-order chi connectivity index (χ0) is 34.8. The normalized spacial score (nSPS) is 14.2. The van der Waals surface area contributed by atoms with E-state index in [1.54, 1.807) is 24.3 Å². The first kappa shape index (κ1) is 32.1. The van der Waals surface area contributed by atoms with E-state index in [-0.39, 0.29) is 21.6 Å². The van der Waals surface area contributed by atoms with Crippen LogP contribution in [-0.2, 0) is 12.8 Å². The first-order chi connectivity index (χ1) is 24.4. The fraction of sp³-hybridized carbons (Fsp3) is 0.0476. The molecule has 0 saturated heterocycles. The molecule has 0 aromatic heterocycles. The summed E-state index contributed by atoms with van der Waals surface area (Å²) >= 11 is 2.17. The van der Waals surface area contributed by atoms with Gasteiger partial charge in [0.05, 0.1) is 25.3 Å². The Labute approximate surface area is 297 Å². The maximum absolute atomic E-state index is 13.7. The Hall–Kier alpha value is -6.42. The Morgan fingerprint density at radius 3 is 1.30 bits per heavy atom. The monoisotopic (exact) mass is 678 g/mol. The van der Waals surface area contributed by atoms with Crippen molar-refractivity contribution in [3.05, 3.63) is 199 Å². The standard InChI is InChI=1S/C42H22N4O2S2/c1-45-37(23-43)39-29-11-5-3-9-25(29)21-35-31(39)13-7-15-33(35)41(47)49-27-17-19-28(20-18-27)50-42(48)34-16-8-14-32-36(34)22-26-10-4-6-12-30(26)40(32)38(24-44)46-2/h3-20H,21-22H2. The lowest BCUT2D eigenvalue weighted by Crippen LogP contribution is -2.12. The molecule has 5 aromatic carbocycles. The number of benzene rings is 5. The second-order valence-corrected chi connectivity index (χ2v) is 13.6. The van der Waals surface area contributed by atoms with Gasteiger partial charge in [-0.2, -0.15) is 0 Å². The van der Waals surface area contributed by atoms with E-state index in [9.17, 15) is 20.1 Å². The molecule has 0 aliphatic heterocycles. The molecule has 0 atom stereocenters. The number of nitrogens with zero attached hydrogens (tertiary/aromatic N) is 4. The molecule has 7 rings (SSSR count). The number of fused-ring (bicyclic) bond motifs is 4. The number of carbonyl (C=O) groups is 2. The summed E-state index contributed by atoms with van der Waals surface area (Å²) in [5, 5.41) is 19.2. The van der Waals surface area contributed by atoms with Crippen LogP contribution >= 0.6 is 23.5 Å². The van der Waals surface area contributed by atoms with Gasteiger partial charge in [0.2, 0.25) is 10.2 Å². The van der Waals surface area contributed by atoms with Gasteiger partial charge in [0, 0.05) is 32.1 Å². The minimum absolute atomic E-state index is 0.00804. The SMILES string of the molecule is [C-]#[N+]C(C#N)=C1c2ccccc2Cc2c(C(=O)Sc3ccc(SC(=O)c4cccc5c4Cc4ccccc4C5=C(C#N)[N+]#[C-])cc3)cccc21. The third-order valence-electron chi connectivity index (χ3n) is 8.79. The summed E-state index contributed by atoms with van der Waals surface area (Å²) in [6.45, 7) is 15.2. The second-order valence-electron chi connectivity index (χ2n) is 11.5. The summed E-state index contributed by atoms with van der Waals surface area (Å²) in [5.74, 6) is 0. The summed E-state index contributed by atoms with van der Waals surface area (Å²) in [6.07, 6.45) is 1.02. The van der Waals surface area contributed by atoms with Crippen LogP contribution in [0.2, 0.25) is 0 Å². The van der Waals surface area contributed by atoms with Gasteiger partial charge in [-0.15, -0.1) is 0 Å². The average Bonchev–Trinajstić information content (AvgIpc) is 3.15. The maximum atomic E-state index is 13.7. The Morgan fingerprint density at radius 1 is 0.540 bits per heavy atom. The number of allylic oxidation sites excluding steroid dienone is 2. The molecule has 0 fully saturated rings. The van der Waals surface area contributed by atoms with E-state index >= 15 is 0 Å². The quantitative estimate of drug-likeness (QED) is 0.105. The highest BCUT2D eigenvalue weighted by molar-refractivity contribution is 8.14. The topological polar surface area (TPSA) is 90.4 Å². The number of rotatable bonds is 4. The Balaban J connectivity index is 1.13. The molecule has 8 heteroatoms. The molecule has 0 radical (unpaired) electrons. The van der Waals surface area contributed by atoms with E-state index in [2.05, 4.69) is 9.69 Å². The van der Waals surface area contributed by atoms with Crippen LogP contribution < -0.4 is 0 Å². The van der Waals surface area contributed by atoms with Crippen molar-refractivity contribution in [1.82, 2.24) is 0 Å². The van der Waals surface area contributed by atoms with Gasteiger partial charge in [0.15, 0.2) is 0 Å². The van der Waals surface area contributed by atoms with Crippen LogP contribution in [0.1, 0.15) is 65.2 Å². The van der Waals surface area contributed by atoms with Crippen molar-refractivity contribution < 1.29 is 9.59 Å². The van der Waals surface area contributed by atoms with Crippen LogP contribution in [0.4, 0.5) is 0 Å². The number of nitriles is 2. The first-order valence-corrected chi connectivity index (χ1v) is 17.1. The Bertz CT molecular complexity index is 2310. The van der Waals surface area contributed by atoms with E-state index in [0.717, 1.165) is 68.0 Å². The van der Waals surface area contributed by atoms with Crippen molar-refractivity contribution in [2.75, 3.05) is 0 Å². The minimum atomic E-state index is -0.158. The number of hydrogen-bond donors (Lipinski definition) is 0. The summed E-state index contributed by atoms with van der Waals surface area (Å²) in [5.41, 5.74) is 8.74. The van der Waals surface area contributed by atoms with Crippen molar-refractivity contribution in [2.45, 2.75) is 22.6 Å². The van der Waals surface area contributed by atoms with E-state index in [1.165, 1.54) is 0 Å². The van der Waals surface area contributed by atoms with E-state index < -0.39 is 0 Å². The number of carbonyl (C=O) groups excluding carboxylic acids is 2. The van der Waals surface area contributed by atoms with E-state index in [1.807, 2.05) is 97.1 Å². The zero-order valence-corrected chi connectivity index (χ0v) is 27.9. The van der Waals surface area contributed by atoms with Gasteiger partial charge in [-0.3, -0.25) is 9.59 Å². The van der Waals surface area contributed by atoms with Crippen LogP contribution in [0, 0.1) is 35.8 Å². The summed E-state index contributed by atoms with van der Waals surface area (Å²) in [6, 6.07) is 37.5. The predicted octanol–water partition coefficient (Wildman–Crippen LogP) is 9.76. The van der Waals surface area contributed by atoms with Gasteiger partial charge in [-0.1, -0.05) is 84.9 Å². The van der Waals surface area contributed by atoms with Crippen LogP contribution in [0.5, 0.6) is 0 Å². The zero-order valence-electron chi connectivity index (χ0n) is 26.2. The molecule has 0 bridgehead atoms. The van der Waals surface area contributed by atoms with E-state index in [0.29, 0.717) is 44.9 Å². The third-order valence-corrected chi connectivity index (χ3v) is 10.6. The third kappa shape index (κ3) is 5.70. The molecule has 5 aromatic rings. The fourth-order valence-electron chi connectivity index (χ4n) is 6.60. The first-order valence-electron chi connectivity index (χ1n) is 15.4. The van der Waals surface area contributed by atoms with Gasteiger partial charge in [-0.05, 0) is 105 Å². The molecule has 0 N–H and O–H groups in total. The van der Waals surface area contributed by atoms with Gasteiger partial charge in [0.1, 0.15) is 0 Å². The number of hydrogen-bond acceptors (Lipinski definition) is 6. The van der Waals surface area contributed by atoms with Crippen molar-refractivity contribution in [3.63, 3.8) is 0 Å². The molecule has 50 heavy (non-hydrogen) atoms. The Kier molecular flexibility index (Phi) is 8.74. The molecular weight excluding hydrogens is 657 g/mol. The van der Waals surface area contributed by atoms with Gasteiger partial charge >= 0.3 is 0 Å². The van der Waals surface area contributed by atoms with Crippen LogP contribution in [0.3, 0.4) is 0 Å². The molecule has 0 amide bonds. The van der Waals surface area contributed by atoms with Gasteiger partial charge in [0.25, 0.3) is 11.4 Å². The molecule has 234 valence electrons. The van der Waals surface area contributed by atoms with Crippen molar-refractivity contribution in [2.24, 2.45) is 0 Å². The predicted molar refractivity (Wildman–Crippen MR) is 195 cm³/mol. The molecule has 2 aliphatic carbocycles. The lowest BCUT2D eigenvalue weighted by Gasteiger charge is -2.25. The largest absolute Gasteiger partial charge is 0.281 e. The highest BCUT2D eigenvalue weighted by Crippen LogP contribution is 2.42. The van der Waals surface area contributed by atoms with Crippen molar-refractivity contribution >= 4 is 44.9 Å². The number of thioether (sulfide) groups is 2. The highest BCUT2D eigenvalue weighted by Gasteiger charge is 2.28. The van der Waals surface area contributed by atoms with Crippen molar-refractivity contribution in [3.8, 4) is 12.1 Å². The molecule has 0 spiro atoms. The minimum Gasteiger partial charge on any atom is -0.281 e. The maximum Gasteiger partial charge on any atom is 0.270 e. The molecular formula is C42H22N4O2S2. The molecule has 0 saturated carbocycles. The van der Waals surface area contributed by atoms with E-state index in [4.69, 9.17) is 13.1 Å². The molecule has 2 aliphatic rings. The molecule has 0 unspecified atom stereocenters. The highest BCUT2D eigenvalue weighted by atomic mass is 32.2. The van der Waals surface area contributed by atoms with Gasteiger partial charge < -0.3 is 0 Å². The van der Waals surface area contributed by atoms with Crippen LogP contribution in [-0.4, -0.2) is 10.2 Å². The lowest BCUT2D eigenvalue weighted by molar-refractivity contribution is 0.108. The smallest absolute Gasteiger partial charge is 0.270 e. The van der Waals surface area contributed by atoms with Crippen LogP contribution in [0.15, 0.2) is 130 Å². The summed E-state index contributed by atoms with van der Waals surface area (Å²) < 4.78 is 0. The lowest BCUT2D eigenvalue weighted by atomic mass is 9.79. The Morgan fingerprint density at radius 2 is 0.920 bits per heavy atom. The van der Waals surface area contributed by atoms with Crippen LogP contribution in [0.25, 0.3) is 20.8 Å². The van der Waals surface area contributed by atoms with Crippen molar-refractivity contribution in [1.29, 1.82) is 10.5 Å². The second kappa shape index (κ2) is 13.6. The summed E-state index contributed by atoms with van der Waals surface area (Å²) in [7, 11) is 0. The average molecular weight is 679 g/mol. The molecule has 0 heterocycles.